The summed E-state index contributed by atoms with van der Waals surface area (Å²) in [6.45, 7) is 2.01. The van der Waals surface area contributed by atoms with Gasteiger partial charge in [0.1, 0.15) is 13.2 Å². The van der Waals surface area contributed by atoms with Crippen molar-refractivity contribution in [1.82, 2.24) is 9.88 Å². The van der Waals surface area contributed by atoms with Gasteiger partial charge in [0.15, 0.2) is 11.5 Å². The predicted molar refractivity (Wildman–Crippen MR) is 119 cm³/mol. The quantitative estimate of drug-likeness (QED) is 0.488. The van der Waals surface area contributed by atoms with Crippen molar-refractivity contribution in [2.75, 3.05) is 13.2 Å². The molecule has 4 rings (SSSR count). The molecule has 0 radical (unpaired) electrons. The number of carbonyl (C=O) groups is 1. The summed E-state index contributed by atoms with van der Waals surface area (Å²) in [7, 11) is 0. The molecule has 30 heavy (non-hydrogen) atoms. The van der Waals surface area contributed by atoms with Gasteiger partial charge in [-0.25, -0.2) is 0 Å². The second-order valence-electron chi connectivity index (χ2n) is 6.88. The van der Waals surface area contributed by atoms with Crippen molar-refractivity contribution in [2.45, 2.75) is 13.1 Å². The van der Waals surface area contributed by atoms with Crippen molar-refractivity contribution in [3.63, 3.8) is 0 Å². The van der Waals surface area contributed by atoms with Crippen LogP contribution in [0.4, 0.5) is 0 Å². The normalized spacial score (nSPS) is 12.7. The summed E-state index contributed by atoms with van der Waals surface area (Å²) in [4.78, 5) is 19.2. The summed E-state index contributed by atoms with van der Waals surface area (Å²) >= 11 is 3.45. The minimum absolute atomic E-state index is 0.0848. The zero-order valence-electron chi connectivity index (χ0n) is 16.3. The van der Waals surface area contributed by atoms with Gasteiger partial charge in [-0.1, -0.05) is 40.2 Å². The van der Waals surface area contributed by atoms with E-state index in [1.807, 2.05) is 60.7 Å². The Hall–Kier alpha value is -3.12. The van der Waals surface area contributed by atoms with Crippen LogP contribution in [0.2, 0.25) is 0 Å². The molecule has 0 unspecified atom stereocenters. The fraction of sp³-hybridized carbons (Fsp3) is 0.167. The Morgan fingerprint density at radius 2 is 1.80 bits per heavy atom. The molecule has 0 saturated carbocycles. The summed E-state index contributed by atoms with van der Waals surface area (Å²) in [5.41, 5.74) is 2.78. The molecule has 0 spiro atoms. The van der Waals surface area contributed by atoms with Gasteiger partial charge in [0.05, 0.1) is 12.2 Å². The molecule has 5 nitrogen and oxygen atoms in total. The van der Waals surface area contributed by atoms with Crippen LogP contribution in [0.5, 0.6) is 11.5 Å². The molecule has 0 atom stereocenters. The zero-order valence-corrected chi connectivity index (χ0v) is 17.9. The molecular formula is C24H21BrN2O3. The van der Waals surface area contributed by atoms with E-state index in [-0.39, 0.29) is 5.91 Å². The van der Waals surface area contributed by atoms with Crippen LogP contribution >= 0.6 is 15.9 Å². The first kappa shape index (κ1) is 20.2. The molecule has 1 aliphatic heterocycles. The molecule has 0 saturated heterocycles. The molecule has 1 amide bonds. The van der Waals surface area contributed by atoms with E-state index in [4.69, 9.17) is 9.47 Å². The molecule has 152 valence electrons. The Bertz CT molecular complexity index is 1040. The minimum atomic E-state index is -0.0848. The van der Waals surface area contributed by atoms with Crippen molar-refractivity contribution in [2.24, 2.45) is 0 Å². The number of nitrogens with zero attached hydrogens (tertiary/aromatic N) is 2. The summed E-state index contributed by atoms with van der Waals surface area (Å²) in [5, 5.41) is 0. The number of aromatic nitrogens is 1. The number of hydrogen-bond donors (Lipinski definition) is 0. The lowest BCUT2D eigenvalue weighted by atomic mass is 10.1. The van der Waals surface area contributed by atoms with Gasteiger partial charge in [0.25, 0.3) is 0 Å². The fourth-order valence-corrected chi connectivity index (χ4v) is 3.41. The highest BCUT2D eigenvalue weighted by Gasteiger charge is 2.14. The highest BCUT2D eigenvalue weighted by molar-refractivity contribution is 9.10. The molecule has 0 bridgehead atoms. The van der Waals surface area contributed by atoms with Crippen LogP contribution in [0, 0.1) is 0 Å². The first-order valence-electron chi connectivity index (χ1n) is 9.68. The fourth-order valence-electron chi connectivity index (χ4n) is 3.15. The van der Waals surface area contributed by atoms with E-state index in [0.717, 1.165) is 27.0 Å². The van der Waals surface area contributed by atoms with E-state index in [9.17, 15) is 4.79 Å². The smallest absolute Gasteiger partial charge is 0.247 e. The predicted octanol–water partition coefficient (Wildman–Crippen LogP) is 4.86. The van der Waals surface area contributed by atoms with Gasteiger partial charge >= 0.3 is 0 Å². The van der Waals surface area contributed by atoms with Crippen LogP contribution in [-0.2, 0) is 17.9 Å². The summed E-state index contributed by atoms with van der Waals surface area (Å²) in [6.07, 6.45) is 5.13. The molecule has 2 heterocycles. The van der Waals surface area contributed by atoms with Crippen LogP contribution in [0.25, 0.3) is 6.08 Å². The van der Waals surface area contributed by atoms with Gasteiger partial charge in [-0.3, -0.25) is 9.78 Å². The molecular weight excluding hydrogens is 444 g/mol. The lowest BCUT2D eigenvalue weighted by molar-refractivity contribution is -0.127. The Kier molecular flexibility index (Phi) is 6.44. The van der Waals surface area contributed by atoms with Gasteiger partial charge in [-0.2, -0.15) is 0 Å². The van der Waals surface area contributed by atoms with Crippen molar-refractivity contribution in [3.05, 3.63) is 94.2 Å². The van der Waals surface area contributed by atoms with Crippen LogP contribution in [0.15, 0.2) is 77.4 Å². The number of pyridine rings is 1. The van der Waals surface area contributed by atoms with Crippen LogP contribution in [0.3, 0.4) is 0 Å². The number of ether oxygens (including phenoxy) is 2. The molecule has 1 aromatic heterocycles. The number of rotatable bonds is 6. The topological polar surface area (TPSA) is 51.7 Å². The van der Waals surface area contributed by atoms with Crippen molar-refractivity contribution in [3.8, 4) is 11.5 Å². The Balaban J connectivity index is 1.52. The number of carbonyl (C=O) groups excluding carboxylic acids is 1. The average molecular weight is 465 g/mol. The molecule has 0 fully saturated rings. The molecule has 3 aromatic rings. The Morgan fingerprint density at radius 1 is 1.00 bits per heavy atom. The average Bonchev–Trinajstić information content (AvgIpc) is 2.79. The highest BCUT2D eigenvalue weighted by atomic mass is 79.9. The number of benzene rings is 2. The van der Waals surface area contributed by atoms with E-state index >= 15 is 0 Å². The summed E-state index contributed by atoms with van der Waals surface area (Å²) in [6, 6.07) is 19.3. The maximum Gasteiger partial charge on any atom is 0.247 e. The van der Waals surface area contributed by atoms with E-state index < -0.39 is 0 Å². The molecule has 1 aliphatic rings. The SMILES string of the molecule is O=C(C=Cc1ccc2c(c1)OCCO2)N(Cc1ccc(Br)cc1)Cc1ccccn1. The second kappa shape index (κ2) is 9.59. The number of halogens is 1. The maximum atomic E-state index is 13.0. The summed E-state index contributed by atoms with van der Waals surface area (Å²) in [5.74, 6) is 1.35. The van der Waals surface area contributed by atoms with E-state index in [0.29, 0.717) is 32.1 Å². The van der Waals surface area contributed by atoms with Crippen molar-refractivity contribution < 1.29 is 14.3 Å². The third-order valence-corrected chi connectivity index (χ3v) is 5.19. The first-order chi connectivity index (χ1) is 14.7. The molecule has 2 aromatic carbocycles. The van der Waals surface area contributed by atoms with E-state index in [1.54, 1.807) is 23.2 Å². The van der Waals surface area contributed by atoms with Crippen LogP contribution < -0.4 is 9.47 Å². The maximum absolute atomic E-state index is 13.0. The molecule has 0 aliphatic carbocycles. The highest BCUT2D eigenvalue weighted by Crippen LogP contribution is 2.31. The number of hydrogen-bond acceptors (Lipinski definition) is 4. The monoisotopic (exact) mass is 464 g/mol. The van der Waals surface area contributed by atoms with Gasteiger partial charge in [-0.15, -0.1) is 0 Å². The number of fused-ring (bicyclic) bond motifs is 1. The van der Waals surface area contributed by atoms with Gasteiger partial charge in [0, 0.05) is 23.3 Å². The lowest BCUT2D eigenvalue weighted by Crippen LogP contribution is -2.28. The lowest BCUT2D eigenvalue weighted by Gasteiger charge is -2.21. The van der Waals surface area contributed by atoms with Gasteiger partial charge in [-0.05, 0) is 53.6 Å². The Labute approximate surface area is 184 Å². The van der Waals surface area contributed by atoms with E-state index in [2.05, 4.69) is 20.9 Å². The van der Waals surface area contributed by atoms with Gasteiger partial charge in [0.2, 0.25) is 5.91 Å². The summed E-state index contributed by atoms with van der Waals surface area (Å²) < 4.78 is 12.2. The zero-order chi connectivity index (χ0) is 20.8. The minimum Gasteiger partial charge on any atom is -0.486 e. The second-order valence-corrected chi connectivity index (χ2v) is 7.79. The van der Waals surface area contributed by atoms with Crippen molar-refractivity contribution in [1.29, 1.82) is 0 Å². The first-order valence-corrected chi connectivity index (χ1v) is 10.5. The number of amides is 1. The van der Waals surface area contributed by atoms with Crippen LogP contribution in [-0.4, -0.2) is 29.0 Å². The largest absolute Gasteiger partial charge is 0.486 e. The third-order valence-electron chi connectivity index (χ3n) is 4.66. The third kappa shape index (κ3) is 5.27. The van der Waals surface area contributed by atoms with E-state index in [1.165, 1.54) is 0 Å². The van der Waals surface area contributed by atoms with Gasteiger partial charge < -0.3 is 14.4 Å². The van der Waals surface area contributed by atoms with Crippen molar-refractivity contribution >= 4 is 27.9 Å². The van der Waals surface area contributed by atoms with Crippen LogP contribution in [0.1, 0.15) is 16.8 Å². The Morgan fingerprint density at radius 3 is 2.57 bits per heavy atom. The standard InChI is InChI=1S/C24H21BrN2O3/c25-20-8-4-19(5-9-20)16-27(17-21-3-1-2-12-26-21)24(28)11-7-18-6-10-22-23(15-18)30-14-13-29-22/h1-12,15H,13-14,16-17H2. The molecule has 0 N–H and O–H groups in total. The molecule has 6 heteroatoms.